The molecule has 0 unspecified atom stereocenters. The molecule has 2 rings (SSSR count). The molecule has 6 heteroatoms. The maximum Gasteiger partial charge on any atom is 0.276 e. The fraction of sp³-hybridized carbons (Fsp3) is 0.562. The molecule has 0 N–H and O–H groups in total. The number of carbonyl (C=O) groups is 1. The van der Waals surface area contributed by atoms with E-state index in [9.17, 15) is 4.79 Å². The summed E-state index contributed by atoms with van der Waals surface area (Å²) in [7, 11) is 0. The van der Waals surface area contributed by atoms with Crippen molar-refractivity contribution < 1.29 is 9.21 Å². The summed E-state index contributed by atoms with van der Waals surface area (Å²) >= 11 is 0. The smallest absolute Gasteiger partial charge is 0.276 e. The number of aryl methyl sites for hydroxylation is 2. The van der Waals surface area contributed by atoms with Crippen molar-refractivity contribution in [3.63, 3.8) is 0 Å². The third kappa shape index (κ3) is 3.37. The van der Waals surface area contributed by atoms with Crippen LogP contribution in [0.2, 0.25) is 0 Å². The molecule has 0 radical (unpaired) electrons. The third-order valence-corrected chi connectivity index (χ3v) is 3.56. The van der Waals surface area contributed by atoms with Gasteiger partial charge in [-0.1, -0.05) is 13.8 Å². The van der Waals surface area contributed by atoms with Gasteiger partial charge in [-0.3, -0.25) is 9.48 Å². The van der Waals surface area contributed by atoms with E-state index < -0.39 is 0 Å². The lowest BCUT2D eigenvalue weighted by atomic mass is 10.2. The van der Waals surface area contributed by atoms with E-state index in [1.165, 1.54) is 0 Å². The maximum absolute atomic E-state index is 12.7. The second-order valence-corrected chi connectivity index (χ2v) is 5.64. The second kappa shape index (κ2) is 6.77. The summed E-state index contributed by atoms with van der Waals surface area (Å²) in [4.78, 5) is 18.8. The van der Waals surface area contributed by atoms with Crippen molar-refractivity contribution in [1.82, 2.24) is 19.7 Å². The molecule has 2 aromatic rings. The van der Waals surface area contributed by atoms with Gasteiger partial charge < -0.3 is 9.32 Å². The highest BCUT2D eigenvalue weighted by Crippen LogP contribution is 2.19. The molecular formula is C16H24N4O2. The number of amides is 1. The standard InChI is InChI=1S/C16H24N4O2/c1-6-19(9-13-8-17-20(7-2)10-13)16(21)14-12(5)22-15(18-14)11(3)4/h8,10-11H,6-7,9H2,1-5H3. The topological polar surface area (TPSA) is 64.2 Å². The van der Waals surface area contributed by atoms with Crippen molar-refractivity contribution in [1.29, 1.82) is 0 Å². The molecule has 0 aromatic carbocycles. The number of hydrogen-bond donors (Lipinski definition) is 0. The quantitative estimate of drug-likeness (QED) is 0.823. The van der Waals surface area contributed by atoms with Crippen LogP contribution >= 0.6 is 0 Å². The molecule has 0 bridgehead atoms. The molecule has 0 atom stereocenters. The molecule has 6 nitrogen and oxygen atoms in total. The Balaban J connectivity index is 2.17. The number of hydrogen-bond acceptors (Lipinski definition) is 4. The number of oxazole rings is 1. The average molecular weight is 304 g/mol. The van der Waals surface area contributed by atoms with E-state index in [1.54, 1.807) is 18.0 Å². The maximum atomic E-state index is 12.7. The number of nitrogens with zero attached hydrogens (tertiary/aromatic N) is 4. The Bertz CT molecular complexity index is 642. The summed E-state index contributed by atoms with van der Waals surface area (Å²) in [5, 5.41) is 4.24. The molecule has 0 spiro atoms. The first-order valence-corrected chi connectivity index (χ1v) is 7.74. The lowest BCUT2D eigenvalue weighted by Crippen LogP contribution is -2.31. The molecule has 2 aromatic heterocycles. The average Bonchev–Trinajstić information content (AvgIpc) is 3.10. The number of aromatic nitrogens is 3. The zero-order chi connectivity index (χ0) is 16.3. The molecular weight excluding hydrogens is 280 g/mol. The van der Waals surface area contributed by atoms with Crippen LogP contribution in [0.15, 0.2) is 16.8 Å². The largest absolute Gasteiger partial charge is 0.445 e. The minimum absolute atomic E-state index is 0.0973. The highest BCUT2D eigenvalue weighted by molar-refractivity contribution is 5.93. The molecule has 120 valence electrons. The SMILES string of the molecule is CCN(Cc1cnn(CC)c1)C(=O)c1nc(C(C)C)oc1C. The van der Waals surface area contributed by atoms with Crippen molar-refractivity contribution in [2.24, 2.45) is 0 Å². The fourth-order valence-electron chi connectivity index (χ4n) is 2.22. The first-order chi connectivity index (χ1) is 10.5. The molecule has 0 saturated heterocycles. The van der Waals surface area contributed by atoms with Gasteiger partial charge in [0.2, 0.25) is 0 Å². The molecule has 1 amide bonds. The second-order valence-electron chi connectivity index (χ2n) is 5.64. The van der Waals surface area contributed by atoms with Gasteiger partial charge in [0.15, 0.2) is 11.6 Å². The molecule has 0 aliphatic rings. The van der Waals surface area contributed by atoms with Gasteiger partial charge in [-0.25, -0.2) is 4.98 Å². The number of rotatable bonds is 6. The summed E-state index contributed by atoms with van der Waals surface area (Å²) < 4.78 is 7.44. The van der Waals surface area contributed by atoms with Crippen molar-refractivity contribution in [2.45, 2.75) is 53.6 Å². The van der Waals surface area contributed by atoms with Gasteiger partial charge in [0, 0.05) is 37.3 Å². The first-order valence-electron chi connectivity index (χ1n) is 7.74. The van der Waals surface area contributed by atoms with Gasteiger partial charge in [0.1, 0.15) is 5.76 Å². The van der Waals surface area contributed by atoms with Gasteiger partial charge in [0.25, 0.3) is 5.91 Å². The highest BCUT2D eigenvalue weighted by atomic mass is 16.4. The van der Waals surface area contributed by atoms with E-state index in [0.717, 1.165) is 12.1 Å². The normalized spacial score (nSPS) is 11.2. The Morgan fingerprint density at radius 3 is 2.64 bits per heavy atom. The Morgan fingerprint density at radius 2 is 2.14 bits per heavy atom. The Morgan fingerprint density at radius 1 is 1.41 bits per heavy atom. The van der Waals surface area contributed by atoms with Crippen molar-refractivity contribution in [2.75, 3.05) is 6.54 Å². The van der Waals surface area contributed by atoms with Crippen LogP contribution in [-0.2, 0) is 13.1 Å². The van der Waals surface area contributed by atoms with Crippen LogP contribution in [-0.4, -0.2) is 32.1 Å². The van der Waals surface area contributed by atoms with Crippen LogP contribution in [0, 0.1) is 6.92 Å². The third-order valence-electron chi connectivity index (χ3n) is 3.56. The lowest BCUT2D eigenvalue weighted by molar-refractivity contribution is 0.0745. The van der Waals surface area contributed by atoms with Crippen LogP contribution in [0.25, 0.3) is 0 Å². The predicted molar refractivity (Wildman–Crippen MR) is 83.6 cm³/mol. The van der Waals surface area contributed by atoms with Crippen LogP contribution in [0.4, 0.5) is 0 Å². The Kier molecular flexibility index (Phi) is 5.00. The molecule has 0 aliphatic carbocycles. The van der Waals surface area contributed by atoms with Crippen LogP contribution in [0.5, 0.6) is 0 Å². The summed E-state index contributed by atoms with van der Waals surface area (Å²) in [6.45, 7) is 11.7. The van der Waals surface area contributed by atoms with E-state index in [-0.39, 0.29) is 11.8 Å². The van der Waals surface area contributed by atoms with Gasteiger partial charge >= 0.3 is 0 Å². The fourth-order valence-corrected chi connectivity index (χ4v) is 2.22. The Labute approximate surface area is 131 Å². The van der Waals surface area contributed by atoms with Crippen LogP contribution in [0.1, 0.15) is 61.3 Å². The van der Waals surface area contributed by atoms with E-state index in [4.69, 9.17) is 4.42 Å². The monoisotopic (exact) mass is 304 g/mol. The van der Waals surface area contributed by atoms with Gasteiger partial charge in [-0.05, 0) is 20.8 Å². The summed E-state index contributed by atoms with van der Waals surface area (Å²) in [5.41, 5.74) is 1.43. The van der Waals surface area contributed by atoms with E-state index in [0.29, 0.717) is 30.4 Å². The van der Waals surface area contributed by atoms with Crippen LogP contribution in [0.3, 0.4) is 0 Å². The highest BCUT2D eigenvalue weighted by Gasteiger charge is 2.23. The van der Waals surface area contributed by atoms with Gasteiger partial charge in [0.05, 0.1) is 6.20 Å². The summed E-state index contributed by atoms with van der Waals surface area (Å²) in [5.74, 6) is 1.25. The summed E-state index contributed by atoms with van der Waals surface area (Å²) in [6.07, 6.45) is 3.76. The first kappa shape index (κ1) is 16.3. The van der Waals surface area contributed by atoms with E-state index >= 15 is 0 Å². The van der Waals surface area contributed by atoms with Crippen molar-refractivity contribution in [3.8, 4) is 0 Å². The number of carbonyl (C=O) groups excluding carboxylic acids is 1. The lowest BCUT2D eigenvalue weighted by Gasteiger charge is -2.19. The zero-order valence-corrected chi connectivity index (χ0v) is 14.0. The molecule has 0 fully saturated rings. The summed E-state index contributed by atoms with van der Waals surface area (Å²) in [6, 6.07) is 0. The molecule has 22 heavy (non-hydrogen) atoms. The van der Waals surface area contributed by atoms with Gasteiger partial charge in [-0.2, -0.15) is 5.10 Å². The molecule has 2 heterocycles. The minimum Gasteiger partial charge on any atom is -0.445 e. The van der Waals surface area contributed by atoms with Crippen molar-refractivity contribution in [3.05, 3.63) is 35.3 Å². The minimum atomic E-state index is -0.0973. The van der Waals surface area contributed by atoms with Gasteiger partial charge in [-0.15, -0.1) is 0 Å². The van der Waals surface area contributed by atoms with Crippen molar-refractivity contribution >= 4 is 5.91 Å². The van der Waals surface area contributed by atoms with E-state index in [2.05, 4.69) is 10.1 Å². The molecule has 0 saturated carbocycles. The Hall–Kier alpha value is -2.11. The van der Waals surface area contributed by atoms with Crippen LogP contribution < -0.4 is 0 Å². The zero-order valence-electron chi connectivity index (χ0n) is 14.0. The predicted octanol–water partition coefficient (Wildman–Crippen LogP) is 2.99. The van der Waals surface area contributed by atoms with E-state index in [1.807, 2.05) is 38.6 Å². The molecule has 0 aliphatic heterocycles.